The van der Waals surface area contributed by atoms with Gasteiger partial charge in [-0.15, -0.1) is 0 Å². The molecule has 21 heavy (non-hydrogen) atoms. The van der Waals surface area contributed by atoms with Crippen molar-refractivity contribution in [1.29, 1.82) is 0 Å². The first-order chi connectivity index (χ1) is 9.99. The summed E-state index contributed by atoms with van der Waals surface area (Å²) in [5.74, 6) is -1.92. The summed E-state index contributed by atoms with van der Waals surface area (Å²) in [6.07, 6.45) is 3.10. The number of benzene rings is 1. The maximum Gasteiger partial charge on any atom is 0.307 e. The number of hydrogen-bond donors (Lipinski definition) is 2. The predicted octanol–water partition coefficient (Wildman–Crippen LogP) is 3.06. The third kappa shape index (κ3) is 3.84. The maximum atomic E-state index is 12.4. The second-order valence-electron chi connectivity index (χ2n) is 5.98. The van der Waals surface area contributed by atoms with Crippen molar-refractivity contribution in [2.75, 3.05) is 0 Å². The van der Waals surface area contributed by atoms with Crippen molar-refractivity contribution in [2.45, 2.75) is 45.6 Å². The van der Waals surface area contributed by atoms with Crippen LogP contribution in [0.1, 0.15) is 49.8 Å². The summed E-state index contributed by atoms with van der Waals surface area (Å²) < 4.78 is 0. The monoisotopic (exact) mass is 289 g/mol. The number of aliphatic carboxylic acids is 1. The first-order valence-electron chi connectivity index (χ1n) is 7.59. The van der Waals surface area contributed by atoms with Crippen molar-refractivity contribution in [3.8, 4) is 0 Å². The van der Waals surface area contributed by atoms with Crippen molar-refractivity contribution < 1.29 is 14.7 Å². The molecule has 2 rings (SSSR count). The lowest BCUT2D eigenvalue weighted by Crippen LogP contribution is -2.40. The van der Waals surface area contributed by atoms with Crippen molar-refractivity contribution >= 4 is 11.9 Å². The van der Waals surface area contributed by atoms with E-state index in [9.17, 15) is 14.7 Å². The summed E-state index contributed by atoms with van der Waals surface area (Å²) in [7, 11) is 0. The Morgan fingerprint density at radius 1 is 1.14 bits per heavy atom. The Balaban J connectivity index is 2.02. The zero-order valence-corrected chi connectivity index (χ0v) is 12.6. The van der Waals surface area contributed by atoms with Crippen LogP contribution in [0.4, 0.5) is 0 Å². The summed E-state index contributed by atoms with van der Waals surface area (Å²) in [6, 6.07) is 7.91. The zero-order chi connectivity index (χ0) is 15.4. The molecule has 0 unspecified atom stereocenters. The highest BCUT2D eigenvalue weighted by Gasteiger charge is 2.36. The van der Waals surface area contributed by atoms with Crippen molar-refractivity contribution in [3.63, 3.8) is 0 Å². The molecule has 1 aliphatic carbocycles. The molecule has 1 aliphatic rings. The van der Waals surface area contributed by atoms with E-state index in [-0.39, 0.29) is 11.9 Å². The van der Waals surface area contributed by atoms with E-state index in [1.54, 1.807) is 0 Å². The smallest absolute Gasteiger partial charge is 0.307 e. The van der Waals surface area contributed by atoms with Gasteiger partial charge in [0.1, 0.15) is 0 Å². The minimum atomic E-state index is -0.849. The number of carbonyl (C=O) groups is 2. The summed E-state index contributed by atoms with van der Waals surface area (Å²) in [5.41, 5.74) is 2.21. The lowest BCUT2D eigenvalue weighted by molar-refractivity contribution is -0.149. The third-order valence-corrected chi connectivity index (χ3v) is 4.36. The first-order valence-corrected chi connectivity index (χ1v) is 7.59. The summed E-state index contributed by atoms with van der Waals surface area (Å²) in [4.78, 5) is 23.7. The van der Waals surface area contributed by atoms with Gasteiger partial charge in [-0.25, -0.2) is 0 Å². The summed E-state index contributed by atoms with van der Waals surface area (Å²) in [5, 5.41) is 12.2. The van der Waals surface area contributed by atoms with Gasteiger partial charge in [0.2, 0.25) is 5.91 Å². The van der Waals surface area contributed by atoms with Gasteiger partial charge in [0, 0.05) is 0 Å². The molecule has 1 fully saturated rings. The molecule has 3 atom stereocenters. The fourth-order valence-electron chi connectivity index (χ4n) is 3.00. The highest BCUT2D eigenvalue weighted by molar-refractivity contribution is 5.85. The Kier molecular flexibility index (Phi) is 4.99. The number of aryl methyl sites for hydroxylation is 1. The molecular weight excluding hydrogens is 266 g/mol. The highest BCUT2D eigenvalue weighted by atomic mass is 16.4. The van der Waals surface area contributed by atoms with E-state index in [0.29, 0.717) is 12.8 Å². The molecule has 0 aromatic heterocycles. The number of nitrogens with one attached hydrogen (secondary N) is 1. The first kappa shape index (κ1) is 15.5. The van der Waals surface area contributed by atoms with E-state index in [1.807, 2.05) is 38.1 Å². The van der Waals surface area contributed by atoms with Crippen LogP contribution in [-0.4, -0.2) is 17.0 Å². The number of rotatable bonds is 4. The van der Waals surface area contributed by atoms with Crippen LogP contribution in [0.15, 0.2) is 24.3 Å². The highest BCUT2D eigenvalue weighted by Crippen LogP contribution is 2.31. The number of carboxylic acids is 1. The quantitative estimate of drug-likeness (QED) is 0.895. The van der Waals surface area contributed by atoms with Crippen molar-refractivity contribution in [3.05, 3.63) is 35.4 Å². The van der Waals surface area contributed by atoms with Gasteiger partial charge < -0.3 is 10.4 Å². The molecule has 0 spiro atoms. The molecule has 0 bridgehead atoms. The molecule has 0 saturated heterocycles. The van der Waals surface area contributed by atoms with Crippen LogP contribution in [0.5, 0.6) is 0 Å². The van der Waals surface area contributed by atoms with Crippen LogP contribution in [-0.2, 0) is 9.59 Å². The van der Waals surface area contributed by atoms with Crippen molar-refractivity contribution in [2.24, 2.45) is 11.8 Å². The van der Waals surface area contributed by atoms with E-state index < -0.39 is 17.8 Å². The maximum absolute atomic E-state index is 12.4. The van der Waals surface area contributed by atoms with E-state index in [2.05, 4.69) is 5.32 Å². The molecular formula is C17H23NO3. The van der Waals surface area contributed by atoms with Crippen LogP contribution in [0.2, 0.25) is 0 Å². The summed E-state index contributed by atoms with van der Waals surface area (Å²) >= 11 is 0. The number of amides is 1. The average molecular weight is 289 g/mol. The molecule has 1 aromatic rings. The SMILES string of the molecule is Cc1ccc([C@H](C)NC(=O)[C@H]2CCCC[C@H]2C(=O)O)cc1. The Morgan fingerprint density at radius 2 is 1.71 bits per heavy atom. The number of hydrogen-bond acceptors (Lipinski definition) is 2. The van der Waals surface area contributed by atoms with Crippen molar-refractivity contribution in [1.82, 2.24) is 5.32 Å². The van der Waals surface area contributed by atoms with E-state index >= 15 is 0 Å². The van der Waals surface area contributed by atoms with Gasteiger partial charge in [-0.3, -0.25) is 9.59 Å². The van der Waals surface area contributed by atoms with E-state index in [1.165, 1.54) is 5.56 Å². The lowest BCUT2D eigenvalue weighted by atomic mass is 9.78. The summed E-state index contributed by atoms with van der Waals surface area (Å²) in [6.45, 7) is 3.95. The van der Waals surface area contributed by atoms with Crippen LogP contribution in [0, 0.1) is 18.8 Å². The molecule has 0 radical (unpaired) electrons. The van der Waals surface area contributed by atoms with Gasteiger partial charge in [0.05, 0.1) is 17.9 Å². The predicted molar refractivity (Wildman–Crippen MR) is 80.8 cm³/mol. The minimum absolute atomic E-state index is 0.102. The van der Waals surface area contributed by atoms with Crippen LogP contribution in [0.25, 0.3) is 0 Å². The molecule has 114 valence electrons. The van der Waals surface area contributed by atoms with Crippen LogP contribution < -0.4 is 5.32 Å². The van der Waals surface area contributed by atoms with Gasteiger partial charge in [-0.2, -0.15) is 0 Å². The van der Waals surface area contributed by atoms with Crippen LogP contribution >= 0.6 is 0 Å². The van der Waals surface area contributed by atoms with Gasteiger partial charge >= 0.3 is 5.97 Å². The average Bonchev–Trinajstić information content (AvgIpc) is 2.47. The Bertz CT molecular complexity index is 509. The van der Waals surface area contributed by atoms with E-state index in [4.69, 9.17) is 0 Å². The fraction of sp³-hybridized carbons (Fsp3) is 0.529. The number of carboxylic acid groups (broad SMARTS) is 1. The number of carbonyl (C=O) groups excluding carboxylic acids is 1. The molecule has 2 N–H and O–H groups in total. The lowest BCUT2D eigenvalue weighted by Gasteiger charge is -2.28. The third-order valence-electron chi connectivity index (χ3n) is 4.36. The molecule has 4 heteroatoms. The molecule has 1 saturated carbocycles. The molecule has 0 aliphatic heterocycles. The molecule has 0 heterocycles. The molecule has 1 aromatic carbocycles. The van der Waals surface area contributed by atoms with Gasteiger partial charge in [-0.1, -0.05) is 42.7 Å². The molecule has 1 amide bonds. The van der Waals surface area contributed by atoms with Gasteiger partial charge in [0.25, 0.3) is 0 Å². The Morgan fingerprint density at radius 3 is 2.29 bits per heavy atom. The van der Waals surface area contributed by atoms with E-state index in [0.717, 1.165) is 18.4 Å². The van der Waals surface area contributed by atoms with Crippen LogP contribution in [0.3, 0.4) is 0 Å². The Hall–Kier alpha value is -1.84. The minimum Gasteiger partial charge on any atom is -0.481 e. The second-order valence-corrected chi connectivity index (χ2v) is 5.98. The topological polar surface area (TPSA) is 66.4 Å². The molecule has 4 nitrogen and oxygen atoms in total. The standard InChI is InChI=1S/C17H23NO3/c1-11-7-9-13(10-8-11)12(2)18-16(19)14-5-3-4-6-15(14)17(20)21/h7-10,12,14-15H,3-6H2,1-2H3,(H,18,19)(H,20,21)/t12-,14-,15+/m0/s1. The largest absolute Gasteiger partial charge is 0.481 e. The van der Waals surface area contributed by atoms with Gasteiger partial charge in [0.15, 0.2) is 0 Å². The Labute approximate surface area is 125 Å². The normalized spacial score (nSPS) is 23.3. The zero-order valence-electron chi connectivity index (χ0n) is 12.6. The second kappa shape index (κ2) is 6.74. The van der Waals surface area contributed by atoms with Gasteiger partial charge in [-0.05, 0) is 32.3 Å². The fourth-order valence-corrected chi connectivity index (χ4v) is 3.00.